The van der Waals surface area contributed by atoms with Crippen LogP contribution in [0.5, 0.6) is 5.75 Å². The van der Waals surface area contributed by atoms with Gasteiger partial charge < -0.3 is 19.8 Å². The Hall–Kier alpha value is -3.64. The maximum absolute atomic E-state index is 11.5. The number of benzene rings is 3. The second kappa shape index (κ2) is 10.1. The fourth-order valence-electron chi connectivity index (χ4n) is 3.74. The van der Waals surface area contributed by atoms with Crippen molar-refractivity contribution in [2.45, 2.75) is 32.1 Å². The van der Waals surface area contributed by atoms with Crippen molar-refractivity contribution in [2.24, 2.45) is 5.73 Å². The third-order valence-electron chi connectivity index (χ3n) is 5.54. The number of carbonyl (C=O) groups is 1. The molecule has 2 unspecified atom stereocenters. The lowest BCUT2D eigenvalue weighted by Crippen LogP contribution is -2.25. The summed E-state index contributed by atoms with van der Waals surface area (Å²) >= 11 is 0. The number of fused-ring (bicyclic) bond motifs is 1. The molecule has 164 valence electrons. The lowest BCUT2D eigenvalue weighted by Gasteiger charge is -2.26. The zero-order valence-electron chi connectivity index (χ0n) is 18.1. The molecule has 0 aliphatic carbocycles. The number of amides is 1. The van der Waals surface area contributed by atoms with Gasteiger partial charge in [-0.15, -0.1) is 0 Å². The van der Waals surface area contributed by atoms with Gasteiger partial charge in [-0.2, -0.15) is 0 Å². The molecule has 3 aromatic carbocycles. The van der Waals surface area contributed by atoms with Crippen LogP contribution in [0.2, 0.25) is 0 Å². The van der Waals surface area contributed by atoms with Gasteiger partial charge in [-0.1, -0.05) is 60.7 Å². The van der Waals surface area contributed by atoms with Gasteiger partial charge in [-0.05, 0) is 35.4 Å². The number of aromatic nitrogens is 2. The summed E-state index contributed by atoms with van der Waals surface area (Å²) < 4.78 is 14.1. The van der Waals surface area contributed by atoms with Gasteiger partial charge in [0.1, 0.15) is 11.4 Å². The van der Waals surface area contributed by atoms with Crippen LogP contribution in [0.4, 0.5) is 0 Å². The molecule has 0 aliphatic rings. The molecule has 4 aromatic rings. The first-order valence-electron chi connectivity index (χ1n) is 10.7. The van der Waals surface area contributed by atoms with Crippen LogP contribution in [0.1, 0.15) is 35.4 Å². The Kier molecular flexibility index (Phi) is 6.82. The van der Waals surface area contributed by atoms with Gasteiger partial charge >= 0.3 is 0 Å². The molecule has 4 rings (SSSR count). The summed E-state index contributed by atoms with van der Waals surface area (Å²) in [5.74, 6) is 0.275. The summed E-state index contributed by atoms with van der Waals surface area (Å²) in [7, 11) is 0. The highest BCUT2D eigenvalue weighted by atomic mass is 16.5. The molecule has 0 radical (unpaired) electrons. The minimum atomic E-state index is -0.548. The number of primary amides is 1. The van der Waals surface area contributed by atoms with Crippen molar-refractivity contribution in [2.75, 3.05) is 6.61 Å². The Balaban J connectivity index is 1.44. The Morgan fingerprint density at radius 2 is 1.78 bits per heavy atom. The number of imidazole rings is 1. The maximum Gasteiger partial charge on any atom is 0.268 e. The molecule has 0 fully saturated rings. The molecule has 0 bridgehead atoms. The molecule has 1 aromatic heterocycles. The van der Waals surface area contributed by atoms with Crippen molar-refractivity contribution < 1.29 is 14.3 Å². The predicted octanol–water partition coefficient (Wildman–Crippen LogP) is 4.75. The van der Waals surface area contributed by atoms with E-state index in [0.29, 0.717) is 19.6 Å². The van der Waals surface area contributed by atoms with Gasteiger partial charge in [-0.3, -0.25) is 4.79 Å². The molecule has 0 spiro atoms. The minimum absolute atomic E-state index is 0.0697. The molecule has 2 N–H and O–H groups in total. The first-order chi connectivity index (χ1) is 15.6. The van der Waals surface area contributed by atoms with Crippen molar-refractivity contribution in [3.63, 3.8) is 0 Å². The van der Waals surface area contributed by atoms with E-state index in [4.69, 9.17) is 15.2 Å². The number of ether oxygens (including phenoxy) is 2. The van der Waals surface area contributed by atoms with Gasteiger partial charge in [0.25, 0.3) is 5.91 Å². The first kappa shape index (κ1) is 21.6. The van der Waals surface area contributed by atoms with E-state index in [9.17, 15) is 4.79 Å². The largest absolute Gasteiger partial charge is 0.493 e. The number of rotatable bonds is 10. The van der Waals surface area contributed by atoms with E-state index >= 15 is 0 Å². The molecule has 2 atom stereocenters. The van der Waals surface area contributed by atoms with Gasteiger partial charge in [0.2, 0.25) is 0 Å². The molecule has 1 heterocycles. The van der Waals surface area contributed by atoms with Crippen molar-refractivity contribution >= 4 is 16.7 Å². The van der Waals surface area contributed by atoms with E-state index in [0.717, 1.165) is 16.7 Å². The molecule has 6 nitrogen and oxygen atoms in total. The van der Waals surface area contributed by atoms with Crippen LogP contribution in [0.15, 0.2) is 85.3 Å². The van der Waals surface area contributed by atoms with Crippen LogP contribution in [0.3, 0.4) is 0 Å². The summed E-state index contributed by atoms with van der Waals surface area (Å²) in [4.78, 5) is 15.6. The molecule has 0 aliphatic heterocycles. The van der Waals surface area contributed by atoms with Crippen molar-refractivity contribution in [1.29, 1.82) is 0 Å². The van der Waals surface area contributed by atoms with Gasteiger partial charge in [-0.25, -0.2) is 4.98 Å². The average molecular weight is 430 g/mol. The maximum atomic E-state index is 11.5. The summed E-state index contributed by atoms with van der Waals surface area (Å²) in [6, 6.07) is 24.2. The predicted molar refractivity (Wildman–Crippen MR) is 125 cm³/mol. The Morgan fingerprint density at radius 1 is 1.03 bits per heavy atom. The Morgan fingerprint density at radius 3 is 2.53 bits per heavy atom. The topological polar surface area (TPSA) is 79.4 Å². The standard InChI is InChI=1S/C26H27N3O3/c1-19(32-17-20-7-3-2-4-8-20)25(29-16-24(26(27)30)28-18-29)13-14-31-23-12-11-21-9-5-6-10-22(21)15-23/h2-12,15-16,18-19,25H,13-14,17H2,1H3,(H2,27,30). The quantitative estimate of drug-likeness (QED) is 0.394. The molecule has 0 saturated carbocycles. The highest BCUT2D eigenvalue weighted by molar-refractivity contribution is 5.90. The normalized spacial score (nSPS) is 13.0. The zero-order chi connectivity index (χ0) is 22.3. The lowest BCUT2D eigenvalue weighted by atomic mass is 10.1. The Labute approximate surface area is 187 Å². The van der Waals surface area contributed by atoms with Crippen LogP contribution < -0.4 is 10.5 Å². The van der Waals surface area contributed by atoms with E-state index in [1.807, 2.05) is 66.1 Å². The second-order valence-corrected chi connectivity index (χ2v) is 7.79. The molecule has 32 heavy (non-hydrogen) atoms. The van der Waals surface area contributed by atoms with E-state index in [1.165, 1.54) is 5.39 Å². The third kappa shape index (κ3) is 5.34. The second-order valence-electron chi connectivity index (χ2n) is 7.79. The van der Waals surface area contributed by atoms with Crippen LogP contribution in [0, 0.1) is 0 Å². The van der Waals surface area contributed by atoms with Crippen molar-refractivity contribution in [3.8, 4) is 5.75 Å². The molecule has 6 heteroatoms. The fraction of sp³-hybridized carbons (Fsp3) is 0.231. The number of hydrogen-bond donors (Lipinski definition) is 1. The first-order valence-corrected chi connectivity index (χ1v) is 10.7. The summed E-state index contributed by atoms with van der Waals surface area (Å²) in [5, 5.41) is 2.32. The number of nitrogens with zero attached hydrogens (tertiary/aromatic N) is 2. The van der Waals surface area contributed by atoms with Crippen LogP contribution >= 0.6 is 0 Å². The monoisotopic (exact) mass is 429 g/mol. The number of carbonyl (C=O) groups excluding carboxylic acids is 1. The van der Waals surface area contributed by atoms with E-state index in [2.05, 4.69) is 23.2 Å². The third-order valence-corrected chi connectivity index (χ3v) is 5.54. The summed E-state index contributed by atoms with van der Waals surface area (Å²) in [6.45, 7) is 3.01. The molecular weight excluding hydrogens is 402 g/mol. The molecular formula is C26H27N3O3. The van der Waals surface area contributed by atoms with E-state index < -0.39 is 5.91 Å². The zero-order valence-corrected chi connectivity index (χ0v) is 18.1. The molecule has 0 saturated heterocycles. The summed E-state index contributed by atoms with van der Waals surface area (Å²) in [5.41, 5.74) is 6.73. The van der Waals surface area contributed by atoms with Crippen molar-refractivity contribution in [1.82, 2.24) is 9.55 Å². The SMILES string of the molecule is CC(OCc1ccccc1)C(CCOc1ccc2ccccc2c1)n1cnc(C(N)=O)c1. The minimum Gasteiger partial charge on any atom is -0.493 e. The van der Waals surface area contributed by atoms with E-state index in [-0.39, 0.29) is 17.8 Å². The van der Waals surface area contributed by atoms with Crippen LogP contribution in [0.25, 0.3) is 10.8 Å². The number of hydrogen-bond acceptors (Lipinski definition) is 4. The Bertz CT molecular complexity index is 1170. The van der Waals surface area contributed by atoms with Gasteiger partial charge in [0.05, 0.1) is 31.7 Å². The average Bonchev–Trinajstić information content (AvgIpc) is 3.31. The van der Waals surface area contributed by atoms with Crippen LogP contribution in [-0.2, 0) is 11.3 Å². The van der Waals surface area contributed by atoms with Gasteiger partial charge in [0, 0.05) is 12.6 Å². The molecule has 1 amide bonds. The van der Waals surface area contributed by atoms with Crippen LogP contribution in [-0.4, -0.2) is 28.2 Å². The highest BCUT2D eigenvalue weighted by Gasteiger charge is 2.21. The fourth-order valence-corrected chi connectivity index (χ4v) is 3.74. The lowest BCUT2D eigenvalue weighted by molar-refractivity contribution is 0.0113. The van der Waals surface area contributed by atoms with Crippen molar-refractivity contribution in [3.05, 3.63) is 96.6 Å². The number of nitrogens with two attached hydrogens (primary N) is 1. The summed E-state index contributed by atoms with van der Waals surface area (Å²) in [6.07, 6.45) is 3.84. The van der Waals surface area contributed by atoms with E-state index in [1.54, 1.807) is 12.5 Å². The van der Waals surface area contributed by atoms with Gasteiger partial charge in [0.15, 0.2) is 0 Å². The highest BCUT2D eigenvalue weighted by Crippen LogP contribution is 2.24. The smallest absolute Gasteiger partial charge is 0.268 e.